The summed E-state index contributed by atoms with van der Waals surface area (Å²) in [6, 6.07) is 0. The predicted molar refractivity (Wildman–Crippen MR) is 55.0 cm³/mol. The first kappa shape index (κ1) is 9.68. The molecule has 0 amide bonds. The summed E-state index contributed by atoms with van der Waals surface area (Å²) >= 11 is 9.88. The second-order valence-corrected chi connectivity index (χ2v) is 3.19. The van der Waals surface area contributed by atoms with Crippen LogP contribution in [0.3, 0.4) is 0 Å². The Morgan fingerprint density at radius 3 is 2.92 bits per heavy atom. The third-order valence-electron chi connectivity index (χ3n) is 1.59. The molecule has 0 fully saturated rings. The quantitative estimate of drug-likeness (QED) is 0.589. The summed E-state index contributed by atoms with van der Waals surface area (Å²) in [4.78, 5) is 0. The van der Waals surface area contributed by atoms with E-state index >= 15 is 0 Å². The summed E-state index contributed by atoms with van der Waals surface area (Å²) in [7, 11) is 0. The molecule has 1 aromatic heterocycles. The number of halogens is 1. The van der Waals surface area contributed by atoms with Crippen LogP contribution in [0, 0.1) is 6.92 Å². The molecular formula is C8H11ClN2S. The molecule has 0 aliphatic carbocycles. The van der Waals surface area contributed by atoms with Gasteiger partial charge in [0, 0.05) is 5.75 Å². The number of rotatable bonds is 3. The second-order valence-electron chi connectivity index (χ2n) is 2.41. The van der Waals surface area contributed by atoms with Crippen molar-refractivity contribution < 1.29 is 0 Å². The van der Waals surface area contributed by atoms with Gasteiger partial charge in [0.1, 0.15) is 0 Å². The zero-order valence-electron chi connectivity index (χ0n) is 6.87. The van der Waals surface area contributed by atoms with Crippen molar-refractivity contribution in [2.45, 2.75) is 13.5 Å². The van der Waals surface area contributed by atoms with Crippen LogP contribution < -0.4 is 0 Å². The summed E-state index contributed by atoms with van der Waals surface area (Å²) in [6.45, 7) is 2.71. The number of allylic oxidation sites excluding steroid dienone is 1. The van der Waals surface area contributed by atoms with E-state index in [0.29, 0.717) is 5.02 Å². The largest absolute Gasteiger partial charge is 0.265 e. The van der Waals surface area contributed by atoms with Crippen LogP contribution in [-0.4, -0.2) is 15.5 Å². The van der Waals surface area contributed by atoms with Crippen molar-refractivity contribution in [2.24, 2.45) is 0 Å². The summed E-state index contributed by atoms with van der Waals surface area (Å²) < 4.78 is 1.85. The van der Waals surface area contributed by atoms with Gasteiger partial charge in [0.25, 0.3) is 0 Å². The standard InChI is InChI=1S/C8H11ClN2S/c1-7-8(9)6-10-11(7)4-2-3-5-12/h2-3,6,12H,4-5H2,1H3. The molecule has 0 aliphatic heterocycles. The summed E-state index contributed by atoms with van der Waals surface area (Å²) in [5.74, 6) is 0.758. The fraction of sp³-hybridized carbons (Fsp3) is 0.375. The normalized spacial score (nSPS) is 11.2. The fourth-order valence-electron chi connectivity index (χ4n) is 0.857. The lowest BCUT2D eigenvalue weighted by Gasteiger charge is -1.98. The van der Waals surface area contributed by atoms with E-state index in [1.54, 1.807) is 6.20 Å². The van der Waals surface area contributed by atoms with Crippen LogP contribution in [0.25, 0.3) is 0 Å². The molecule has 1 rings (SSSR count). The van der Waals surface area contributed by atoms with Gasteiger partial charge in [-0.05, 0) is 6.92 Å². The molecule has 0 saturated heterocycles. The zero-order chi connectivity index (χ0) is 8.97. The van der Waals surface area contributed by atoms with E-state index in [2.05, 4.69) is 17.7 Å². The van der Waals surface area contributed by atoms with Gasteiger partial charge >= 0.3 is 0 Å². The molecule has 0 aromatic carbocycles. The molecule has 2 nitrogen and oxygen atoms in total. The Labute approximate surface area is 82.6 Å². The molecule has 0 saturated carbocycles. The summed E-state index contributed by atoms with van der Waals surface area (Å²) in [6.07, 6.45) is 5.66. The van der Waals surface area contributed by atoms with Crippen molar-refractivity contribution in [1.29, 1.82) is 0 Å². The maximum atomic E-state index is 5.82. The highest BCUT2D eigenvalue weighted by molar-refractivity contribution is 7.80. The predicted octanol–water partition coefficient (Wildman–Crippen LogP) is 2.33. The molecule has 1 heterocycles. The molecule has 0 N–H and O–H groups in total. The van der Waals surface area contributed by atoms with Crippen molar-refractivity contribution in [3.63, 3.8) is 0 Å². The van der Waals surface area contributed by atoms with Crippen LogP contribution in [0.15, 0.2) is 18.3 Å². The molecule has 0 atom stereocenters. The average Bonchev–Trinajstić information content (AvgIpc) is 2.36. The van der Waals surface area contributed by atoms with Crippen molar-refractivity contribution in [1.82, 2.24) is 9.78 Å². The summed E-state index contributed by atoms with van der Waals surface area (Å²) in [5, 5.41) is 4.81. The fourth-order valence-corrected chi connectivity index (χ4v) is 1.15. The van der Waals surface area contributed by atoms with Crippen molar-refractivity contribution in [3.05, 3.63) is 29.1 Å². The van der Waals surface area contributed by atoms with E-state index in [4.69, 9.17) is 11.6 Å². The highest BCUT2D eigenvalue weighted by atomic mass is 35.5. The van der Waals surface area contributed by atoms with Crippen LogP contribution in [0.4, 0.5) is 0 Å². The molecule has 1 aromatic rings. The van der Waals surface area contributed by atoms with Gasteiger partial charge in [-0.1, -0.05) is 23.8 Å². The van der Waals surface area contributed by atoms with Gasteiger partial charge in [-0.2, -0.15) is 17.7 Å². The molecule has 4 heteroatoms. The topological polar surface area (TPSA) is 17.8 Å². The number of thiol groups is 1. The second kappa shape index (κ2) is 4.58. The maximum absolute atomic E-state index is 5.82. The van der Waals surface area contributed by atoms with Crippen LogP contribution in [0.1, 0.15) is 5.69 Å². The van der Waals surface area contributed by atoms with E-state index in [1.165, 1.54) is 0 Å². The SMILES string of the molecule is Cc1c(Cl)cnn1CC=CCS. The van der Waals surface area contributed by atoms with Gasteiger partial charge in [0.15, 0.2) is 0 Å². The first-order chi connectivity index (χ1) is 5.75. The Morgan fingerprint density at radius 2 is 2.42 bits per heavy atom. The van der Waals surface area contributed by atoms with Gasteiger partial charge in [0.05, 0.1) is 23.5 Å². The number of aromatic nitrogens is 2. The van der Waals surface area contributed by atoms with Crippen molar-refractivity contribution in [2.75, 3.05) is 5.75 Å². The number of nitrogens with zero attached hydrogens (tertiary/aromatic N) is 2. The Bertz CT molecular complexity index is 281. The summed E-state index contributed by atoms with van der Waals surface area (Å²) in [5.41, 5.74) is 1.00. The third kappa shape index (κ3) is 2.29. The molecule has 66 valence electrons. The smallest absolute Gasteiger partial charge is 0.0815 e. The molecule has 0 aliphatic rings. The Morgan fingerprint density at radius 1 is 1.67 bits per heavy atom. The Hall–Kier alpha value is -0.410. The van der Waals surface area contributed by atoms with Crippen LogP contribution >= 0.6 is 24.2 Å². The first-order valence-corrected chi connectivity index (χ1v) is 4.70. The minimum Gasteiger partial charge on any atom is -0.265 e. The van der Waals surface area contributed by atoms with Crippen molar-refractivity contribution >= 4 is 24.2 Å². The zero-order valence-corrected chi connectivity index (χ0v) is 8.52. The number of hydrogen-bond donors (Lipinski definition) is 1. The lowest BCUT2D eigenvalue weighted by molar-refractivity contribution is 0.678. The lowest BCUT2D eigenvalue weighted by atomic mass is 10.4. The molecule has 0 radical (unpaired) electrons. The van der Waals surface area contributed by atoms with Crippen molar-refractivity contribution in [3.8, 4) is 0 Å². The molecule has 0 spiro atoms. The van der Waals surface area contributed by atoms with E-state index in [0.717, 1.165) is 18.0 Å². The Kier molecular flexibility index (Phi) is 3.69. The van der Waals surface area contributed by atoms with Crippen LogP contribution in [0.2, 0.25) is 5.02 Å². The monoisotopic (exact) mass is 202 g/mol. The molecule has 12 heavy (non-hydrogen) atoms. The van der Waals surface area contributed by atoms with E-state index in [9.17, 15) is 0 Å². The third-order valence-corrected chi connectivity index (χ3v) is 2.18. The highest BCUT2D eigenvalue weighted by Crippen LogP contribution is 2.12. The lowest BCUT2D eigenvalue weighted by Crippen LogP contribution is -1.99. The average molecular weight is 203 g/mol. The van der Waals surface area contributed by atoms with Crippen LogP contribution in [-0.2, 0) is 6.54 Å². The van der Waals surface area contributed by atoms with E-state index in [1.807, 2.05) is 23.8 Å². The number of hydrogen-bond acceptors (Lipinski definition) is 2. The minimum atomic E-state index is 0.717. The van der Waals surface area contributed by atoms with Crippen LogP contribution in [0.5, 0.6) is 0 Å². The minimum absolute atomic E-state index is 0.717. The maximum Gasteiger partial charge on any atom is 0.0815 e. The van der Waals surface area contributed by atoms with E-state index in [-0.39, 0.29) is 0 Å². The first-order valence-electron chi connectivity index (χ1n) is 3.69. The van der Waals surface area contributed by atoms with Gasteiger partial charge < -0.3 is 0 Å². The molecule has 0 unspecified atom stereocenters. The molecular weight excluding hydrogens is 192 g/mol. The Balaban J connectivity index is 2.63. The van der Waals surface area contributed by atoms with Gasteiger partial charge in [-0.25, -0.2) is 0 Å². The van der Waals surface area contributed by atoms with E-state index < -0.39 is 0 Å². The van der Waals surface area contributed by atoms with Gasteiger partial charge in [-0.3, -0.25) is 4.68 Å². The van der Waals surface area contributed by atoms with Gasteiger partial charge in [-0.15, -0.1) is 0 Å². The highest BCUT2D eigenvalue weighted by Gasteiger charge is 2.00. The molecule has 0 bridgehead atoms. The van der Waals surface area contributed by atoms with Gasteiger partial charge in [0.2, 0.25) is 0 Å².